The predicted molar refractivity (Wildman–Crippen MR) is 97.7 cm³/mol. The summed E-state index contributed by atoms with van der Waals surface area (Å²) in [6, 6.07) is 8.59. The fraction of sp³-hybridized carbons (Fsp3) is 0.167. The molecule has 0 N–H and O–H groups in total. The molecule has 0 saturated carbocycles. The van der Waals surface area contributed by atoms with Crippen molar-refractivity contribution in [2.45, 2.75) is 6.92 Å². The van der Waals surface area contributed by atoms with Crippen molar-refractivity contribution in [1.29, 1.82) is 0 Å². The van der Waals surface area contributed by atoms with Crippen molar-refractivity contribution in [2.24, 2.45) is 0 Å². The second-order valence-corrected chi connectivity index (χ2v) is 6.36. The lowest BCUT2D eigenvalue weighted by molar-refractivity contribution is -0.219. The molecule has 0 saturated heterocycles. The van der Waals surface area contributed by atoms with Gasteiger partial charge in [-0.2, -0.15) is 4.39 Å². The van der Waals surface area contributed by atoms with E-state index in [1.54, 1.807) is 13.0 Å². The number of aryl methyl sites for hydroxylation is 1. The standard InChI is InChI=1S/C18H14BrF2N3O4/c1-10-11(7-8-14(21)22-10)17-16(19)18(28-27-15(25)9-26-2)23-24(17)13-6-4-3-5-12(13)20/h3-8H,9H2,1-2H3. The molecule has 0 fully saturated rings. The largest absolute Gasteiger partial charge is 0.380 e. The monoisotopic (exact) mass is 453 g/mol. The zero-order valence-corrected chi connectivity index (χ0v) is 16.4. The van der Waals surface area contributed by atoms with E-state index in [1.165, 1.54) is 42.1 Å². The van der Waals surface area contributed by atoms with Crippen LogP contribution in [0.4, 0.5) is 8.78 Å². The van der Waals surface area contributed by atoms with Crippen molar-refractivity contribution in [2.75, 3.05) is 13.7 Å². The van der Waals surface area contributed by atoms with Crippen LogP contribution in [0.5, 0.6) is 5.88 Å². The average Bonchev–Trinajstić information content (AvgIpc) is 2.97. The molecule has 0 spiro atoms. The van der Waals surface area contributed by atoms with E-state index in [-0.39, 0.29) is 22.6 Å². The first-order chi connectivity index (χ1) is 13.4. The smallest absolute Gasteiger partial charge is 0.373 e. The molecule has 2 heterocycles. The van der Waals surface area contributed by atoms with Crippen LogP contribution in [0.25, 0.3) is 16.9 Å². The Hall–Kier alpha value is -2.85. The van der Waals surface area contributed by atoms with Crippen LogP contribution in [0, 0.1) is 18.7 Å². The van der Waals surface area contributed by atoms with Crippen molar-refractivity contribution in [3.63, 3.8) is 0 Å². The highest BCUT2D eigenvalue weighted by molar-refractivity contribution is 9.10. The number of halogens is 3. The molecule has 7 nitrogen and oxygen atoms in total. The van der Waals surface area contributed by atoms with E-state index in [0.29, 0.717) is 17.0 Å². The summed E-state index contributed by atoms with van der Waals surface area (Å²) in [5, 5.41) is 4.18. The van der Waals surface area contributed by atoms with Gasteiger partial charge in [0.05, 0.1) is 5.69 Å². The molecule has 0 unspecified atom stereocenters. The van der Waals surface area contributed by atoms with Gasteiger partial charge in [0.1, 0.15) is 22.6 Å². The zero-order valence-electron chi connectivity index (χ0n) is 14.8. The summed E-state index contributed by atoms with van der Waals surface area (Å²) in [4.78, 5) is 24.9. The second-order valence-electron chi connectivity index (χ2n) is 5.57. The lowest BCUT2D eigenvalue weighted by Crippen LogP contribution is -2.13. The molecule has 146 valence electrons. The number of para-hydroxylation sites is 1. The van der Waals surface area contributed by atoms with Crippen molar-refractivity contribution in [3.05, 3.63) is 58.3 Å². The maximum absolute atomic E-state index is 14.4. The van der Waals surface area contributed by atoms with Gasteiger partial charge in [0.15, 0.2) is 0 Å². The molecule has 0 aliphatic rings. The number of carbonyl (C=O) groups excluding carboxylic acids is 1. The molecule has 0 radical (unpaired) electrons. The Labute approximate surface area is 166 Å². The van der Waals surface area contributed by atoms with Gasteiger partial charge in [-0.05, 0) is 47.1 Å². The van der Waals surface area contributed by atoms with E-state index in [2.05, 4.69) is 35.6 Å². The van der Waals surface area contributed by atoms with E-state index in [1.807, 2.05) is 0 Å². The third kappa shape index (κ3) is 4.02. The third-order valence-corrected chi connectivity index (χ3v) is 4.38. The summed E-state index contributed by atoms with van der Waals surface area (Å²) in [5.74, 6) is -2.11. The molecule has 0 amide bonds. The molecule has 0 bridgehead atoms. The molecule has 28 heavy (non-hydrogen) atoms. The Morgan fingerprint density at radius 2 is 1.96 bits per heavy atom. The quantitative estimate of drug-likeness (QED) is 0.321. The zero-order chi connectivity index (χ0) is 20.3. The summed E-state index contributed by atoms with van der Waals surface area (Å²) >= 11 is 3.33. The van der Waals surface area contributed by atoms with Crippen LogP contribution in [-0.4, -0.2) is 34.5 Å². The summed E-state index contributed by atoms with van der Waals surface area (Å²) in [6.07, 6.45) is 0. The Bertz CT molecular complexity index is 1030. The van der Waals surface area contributed by atoms with Crippen molar-refractivity contribution < 1.29 is 28.1 Å². The molecule has 10 heteroatoms. The number of ether oxygens (including phenoxy) is 1. The lowest BCUT2D eigenvalue weighted by atomic mass is 10.1. The van der Waals surface area contributed by atoms with Gasteiger partial charge in [-0.15, -0.1) is 5.10 Å². The molecule has 0 aliphatic carbocycles. The fourth-order valence-electron chi connectivity index (χ4n) is 2.47. The van der Waals surface area contributed by atoms with Crippen molar-refractivity contribution in [3.8, 4) is 22.8 Å². The lowest BCUT2D eigenvalue weighted by Gasteiger charge is -2.10. The number of aromatic nitrogens is 3. The molecule has 3 rings (SSSR count). The first kappa shape index (κ1) is 19.9. The molecule has 0 aliphatic heterocycles. The Morgan fingerprint density at radius 3 is 2.64 bits per heavy atom. The first-order valence-electron chi connectivity index (χ1n) is 7.95. The van der Waals surface area contributed by atoms with Crippen LogP contribution >= 0.6 is 15.9 Å². The van der Waals surface area contributed by atoms with Crippen LogP contribution in [0.15, 0.2) is 40.9 Å². The van der Waals surface area contributed by atoms with Crippen LogP contribution in [0.3, 0.4) is 0 Å². The molecular weight excluding hydrogens is 440 g/mol. The average molecular weight is 454 g/mol. The van der Waals surface area contributed by atoms with Gasteiger partial charge in [0, 0.05) is 18.4 Å². The van der Waals surface area contributed by atoms with E-state index in [0.717, 1.165) is 0 Å². The summed E-state index contributed by atoms with van der Waals surface area (Å²) in [7, 11) is 1.33. The third-order valence-electron chi connectivity index (χ3n) is 3.66. The maximum Gasteiger partial charge on any atom is 0.380 e. The minimum atomic E-state index is -0.781. The van der Waals surface area contributed by atoms with Crippen LogP contribution in [0.1, 0.15) is 5.69 Å². The highest BCUT2D eigenvalue weighted by Crippen LogP contribution is 2.38. The van der Waals surface area contributed by atoms with Gasteiger partial charge in [0.25, 0.3) is 0 Å². The fourth-order valence-corrected chi connectivity index (χ4v) is 3.00. The predicted octanol–water partition coefficient (Wildman–Crippen LogP) is 3.77. The van der Waals surface area contributed by atoms with E-state index in [4.69, 9.17) is 4.89 Å². The van der Waals surface area contributed by atoms with Gasteiger partial charge < -0.3 is 4.74 Å². The van der Waals surface area contributed by atoms with E-state index < -0.39 is 17.7 Å². The number of carbonyl (C=O) groups is 1. The topological polar surface area (TPSA) is 75.5 Å². The SMILES string of the molecule is COCC(=O)OOc1nn(-c2ccccc2F)c(-c2ccc(F)nc2C)c1Br. The van der Waals surface area contributed by atoms with Gasteiger partial charge in [0.2, 0.25) is 5.95 Å². The number of rotatable bonds is 6. The number of nitrogens with zero attached hydrogens (tertiary/aromatic N) is 3. The number of pyridine rings is 1. The van der Waals surface area contributed by atoms with Crippen LogP contribution in [-0.2, 0) is 14.4 Å². The van der Waals surface area contributed by atoms with Gasteiger partial charge in [-0.25, -0.2) is 23.7 Å². The van der Waals surface area contributed by atoms with E-state index >= 15 is 0 Å². The van der Waals surface area contributed by atoms with Crippen molar-refractivity contribution >= 4 is 21.9 Å². The Kier molecular flexibility index (Phi) is 6.00. The van der Waals surface area contributed by atoms with Gasteiger partial charge in [-0.3, -0.25) is 4.89 Å². The number of hydrogen-bond acceptors (Lipinski definition) is 6. The number of benzene rings is 1. The summed E-state index contributed by atoms with van der Waals surface area (Å²) < 4.78 is 34.0. The van der Waals surface area contributed by atoms with Crippen LogP contribution < -0.4 is 4.89 Å². The minimum absolute atomic E-state index is 0.111. The Balaban J connectivity index is 2.13. The number of hydrogen-bond donors (Lipinski definition) is 0. The molecular formula is C18H14BrF2N3O4. The van der Waals surface area contributed by atoms with Crippen LogP contribution in [0.2, 0.25) is 0 Å². The highest BCUT2D eigenvalue weighted by atomic mass is 79.9. The molecule has 1 aromatic carbocycles. The van der Waals surface area contributed by atoms with Gasteiger partial charge in [-0.1, -0.05) is 12.1 Å². The molecule has 3 aromatic rings. The number of methoxy groups -OCH3 is 1. The maximum atomic E-state index is 14.4. The first-order valence-corrected chi connectivity index (χ1v) is 8.75. The van der Waals surface area contributed by atoms with Gasteiger partial charge >= 0.3 is 11.8 Å². The normalized spacial score (nSPS) is 10.8. The van der Waals surface area contributed by atoms with E-state index in [9.17, 15) is 13.6 Å². The summed E-state index contributed by atoms with van der Waals surface area (Å²) in [6.45, 7) is 1.28. The second kappa shape index (κ2) is 8.44. The molecule has 2 aromatic heterocycles. The Morgan fingerprint density at radius 1 is 1.21 bits per heavy atom. The summed E-state index contributed by atoms with van der Waals surface area (Å²) in [5.41, 5.74) is 1.27. The molecule has 0 atom stereocenters. The van der Waals surface area contributed by atoms with Crippen molar-refractivity contribution in [1.82, 2.24) is 14.8 Å². The highest BCUT2D eigenvalue weighted by Gasteiger charge is 2.24. The minimum Gasteiger partial charge on any atom is -0.373 e.